The number of carbonyl (C=O) groups is 3. The van der Waals surface area contributed by atoms with Crippen molar-refractivity contribution in [3.63, 3.8) is 0 Å². The number of carbonyl (C=O) groups excluding carboxylic acids is 2. The first-order chi connectivity index (χ1) is 13.8. The highest BCUT2D eigenvalue weighted by molar-refractivity contribution is 7.99. The molecule has 0 spiro atoms. The van der Waals surface area contributed by atoms with Gasteiger partial charge in [0.05, 0.1) is 11.8 Å². The second-order valence-electron chi connectivity index (χ2n) is 7.37. The van der Waals surface area contributed by atoms with Crippen molar-refractivity contribution in [1.82, 2.24) is 10.6 Å². The van der Waals surface area contributed by atoms with Crippen LogP contribution in [0.1, 0.15) is 25.8 Å². The van der Waals surface area contributed by atoms with E-state index in [1.54, 1.807) is 6.08 Å². The molecule has 6 nitrogen and oxygen atoms in total. The molecular formula is C22H32N2O4S. The van der Waals surface area contributed by atoms with Gasteiger partial charge in [0.1, 0.15) is 6.04 Å². The quantitative estimate of drug-likeness (QED) is 0.337. The molecule has 0 aliphatic rings. The summed E-state index contributed by atoms with van der Waals surface area (Å²) in [6.45, 7) is 7.56. The second kappa shape index (κ2) is 13.0. The number of nitrogens with one attached hydrogen (secondary N) is 2. The van der Waals surface area contributed by atoms with E-state index in [9.17, 15) is 19.5 Å². The number of aliphatic carboxylic acids is 1. The summed E-state index contributed by atoms with van der Waals surface area (Å²) >= 11 is 1.44. The summed E-state index contributed by atoms with van der Waals surface area (Å²) in [5.74, 6) is -2.17. The topological polar surface area (TPSA) is 95.5 Å². The van der Waals surface area contributed by atoms with Crippen LogP contribution in [-0.2, 0) is 20.8 Å². The number of carboxylic acids is 1. The first-order valence-electron chi connectivity index (χ1n) is 9.77. The molecule has 0 aliphatic heterocycles. The number of carboxylic acid groups (broad SMARTS) is 1. The third-order valence-corrected chi connectivity index (χ3v) is 5.63. The van der Waals surface area contributed by atoms with Crippen LogP contribution in [0.3, 0.4) is 0 Å². The largest absolute Gasteiger partial charge is 0.481 e. The molecule has 160 valence electrons. The fraction of sp³-hybridized carbons (Fsp3) is 0.500. The SMILES string of the molecule is C=CCSC[C@H](C(=O)O)[C@@H](CC(C)C)C(=O)N[C@@H](Cc1ccccc1)C(=O)NC. The highest BCUT2D eigenvalue weighted by Gasteiger charge is 2.35. The van der Waals surface area contributed by atoms with E-state index in [1.807, 2.05) is 44.2 Å². The van der Waals surface area contributed by atoms with Crippen molar-refractivity contribution in [3.05, 3.63) is 48.6 Å². The van der Waals surface area contributed by atoms with Crippen LogP contribution in [0.25, 0.3) is 0 Å². The molecule has 3 N–H and O–H groups in total. The van der Waals surface area contributed by atoms with Gasteiger partial charge in [-0.15, -0.1) is 6.58 Å². The Labute approximate surface area is 177 Å². The fourth-order valence-electron chi connectivity index (χ4n) is 3.11. The predicted molar refractivity (Wildman–Crippen MR) is 118 cm³/mol. The normalized spacial score (nSPS) is 13.9. The van der Waals surface area contributed by atoms with Crippen molar-refractivity contribution in [1.29, 1.82) is 0 Å². The minimum absolute atomic E-state index is 0.143. The number of benzene rings is 1. The molecule has 0 radical (unpaired) electrons. The first-order valence-corrected chi connectivity index (χ1v) is 10.9. The average Bonchev–Trinajstić information content (AvgIpc) is 2.69. The third-order valence-electron chi connectivity index (χ3n) is 4.56. The van der Waals surface area contributed by atoms with E-state index in [0.29, 0.717) is 24.3 Å². The van der Waals surface area contributed by atoms with Gasteiger partial charge in [0, 0.05) is 25.0 Å². The minimum Gasteiger partial charge on any atom is -0.481 e. The highest BCUT2D eigenvalue weighted by Crippen LogP contribution is 2.25. The maximum atomic E-state index is 13.1. The van der Waals surface area contributed by atoms with Gasteiger partial charge in [-0.25, -0.2) is 0 Å². The van der Waals surface area contributed by atoms with Crippen LogP contribution in [0.4, 0.5) is 0 Å². The van der Waals surface area contributed by atoms with Gasteiger partial charge in [-0.05, 0) is 17.9 Å². The van der Waals surface area contributed by atoms with Gasteiger partial charge >= 0.3 is 5.97 Å². The standard InChI is InChI=1S/C22H32N2O4S/c1-5-11-29-14-18(22(27)28)17(12-15(2)3)20(25)24-19(21(26)23-4)13-16-9-7-6-8-10-16/h5-10,15,17-19H,1,11-14H2,2-4H3,(H,23,26)(H,24,25)(H,27,28)/t17-,18+,19+/m1/s1. The summed E-state index contributed by atoms with van der Waals surface area (Å²) in [6.07, 6.45) is 2.48. The molecule has 3 atom stereocenters. The van der Waals surface area contributed by atoms with Crippen LogP contribution in [0, 0.1) is 17.8 Å². The number of hydrogen-bond acceptors (Lipinski definition) is 4. The van der Waals surface area contributed by atoms with Crippen LogP contribution in [0.5, 0.6) is 0 Å². The molecule has 7 heteroatoms. The first kappa shape index (κ1) is 24.8. The summed E-state index contributed by atoms with van der Waals surface area (Å²) in [5.41, 5.74) is 0.915. The minimum atomic E-state index is -0.998. The lowest BCUT2D eigenvalue weighted by molar-refractivity contribution is -0.147. The molecule has 1 aromatic carbocycles. The summed E-state index contributed by atoms with van der Waals surface area (Å²) in [4.78, 5) is 37.3. The van der Waals surface area contributed by atoms with Crippen molar-refractivity contribution in [3.8, 4) is 0 Å². The molecule has 1 rings (SSSR count). The maximum Gasteiger partial charge on any atom is 0.308 e. The van der Waals surface area contributed by atoms with Gasteiger partial charge in [-0.1, -0.05) is 50.3 Å². The van der Waals surface area contributed by atoms with Gasteiger partial charge in [0.15, 0.2) is 0 Å². The van der Waals surface area contributed by atoms with Crippen molar-refractivity contribution < 1.29 is 19.5 Å². The smallest absolute Gasteiger partial charge is 0.308 e. The molecule has 0 unspecified atom stereocenters. The van der Waals surface area contributed by atoms with Crippen LogP contribution in [-0.4, -0.2) is 47.5 Å². The lowest BCUT2D eigenvalue weighted by Crippen LogP contribution is -2.50. The van der Waals surface area contributed by atoms with Crippen LogP contribution >= 0.6 is 11.8 Å². The fourth-order valence-corrected chi connectivity index (χ4v) is 4.04. The van der Waals surface area contributed by atoms with Crippen LogP contribution in [0.15, 0.2) is 43.0 Å². The van der Waals surface area contributed by atoms with Crippen LogP contribution < -0.4 is 10.6 Å². The molecule has 0 heterocycles. The Kier molecular flexibility index (Phi) is 11.1. The summed E-state index contributed by atoms with van der Waals surface area (Å²) in [5, 5.41) is 15.1. The highest BCUT2D eigenvalue weighted by atomic mass is 32.2. The van der Waals surface area contributed by atoms with Gasteiger partial charge in [0.25, 0.3) is 0 Å². The Morgan fingerprint density at radius 2 is 1.79 bits per heavy atom. The number of thioether (sulfide) groups is 1. The maximum absolute atomic E-state index is 13.1. The summed E-state index contributed by atoms with van der Waals surface area (Å²) in [6, 6.07) is 8.64. The molecule has 0 fully saturated rings. The van der Waals surface area contributed by atoms with E-state index < -0.39 is 29.8 Å². The van der Waals surface area contributed by atoms with Gasteiger partial charge in [0.2, 0.25) is 11.8 Å². The molecule has 0 aliphatic carbocycles. The second-order valence-corrected chi connectivity index (χ2v) is 8.45. The van der Waals surface area contributed by atoms with Crippen molar-refractivity contribution in [2.45, 2.75) is 32.7 Å². The lowest BCUT2D eigenvalue weighted by atomic mass is 9.85. The molecule has 0 aromatic heterocycles. The van der Waals surface area contributed by atoms with Crippen LogP contribution in [0.2, 0.25) is 0 Å². The molecule has 29 heavy (non-hydrogen) atoms. The Morgan fingerprint density at radius 1 is 1.14 bits per heavy atom. The Bertz CT molecular complexity index is 679. The number of likely N-dealkylation sites (N-methyl/N-ethyl adjacent to an activating group) is 1. The van der Waals surface area contributed by atoms with Crippen molar-refractivity contribution in [2.24, 2.45) is 17.8 Å². The van der Waals surface area contributed by atoms with Crippen molar-refractivity contribution >= 4 is 29.5 Å². The molecule has 0 saturated heterocycles. The molecule has 2 amide bonds. The summed E-state index contributed by atoms with van der Waals surface area (Å²) < 4.78 is 0. The zero-order valence-electron chi connectivity index (χ0n) is 17.4. The molecule has 0 bridgehead atoms. The zero-order chi connectivity index (χ0) is 21.8. The third kappa shape index (κ3) is 8.73. The number of rotatable bonds is 13. The monoisotopic (exact) mass is 420 g/mol. The molecule has 0 saturated carbocycles. The van der Waals surface area contributed by atoms with E-state index in [1.165, 1.54) is 18.8 Å². The zero-order valence-corrected chi connectivity index (χ0v) is 18.2. The van der Waals surface area contributed by atoms with Gasteiger partial charge < -0.3 is 15.7 Å². The van der Waals surface area contributed by atoms with E-state index in [4.69, 9.17) is 0 Å². The van der Waals surface area contributed by atoms with Gasteiger partial charge in [-0.3, -0.25) is 14.4 Å². The Balaban J connectivity index is 3.02. The number of amides is 2. The molecular weight excluding hydrogens is 388 g/mol. The Hall–Kier alpha value is -2.28. The predicted octanol–water partition coefficient (Wildman–Crippen LogP) is 2.74. The Morgan fingerprint density at radius 3 is 2.31 bits per heavy atom. The van der Waals surface area contributed by atoms with E-state index in [-0.39, 0.29) is 11.8 Å². The average molecular weight is 421 g/mol. The van der Waals surface area contributed by atoms with E-state index in [0.717, 1.165) is 5.56 Å². The number of hydrogen-bond donors (Lipinski definition) is 3. The van der Waals surface area contributed by atoms with E-state index in [2.05, 4.69) is 17.2 Å². The molecule has 1 aromatic rings. The lowest BCUT2D eigenvalue weighted by Gasteiger charge is -2.27. The van der Waals surface area contributed by atoms with Gasteiger partial charge in [-0.2, -0.15) is 11.8 Å². The summed E-state index contributed by atoms with van der Waals surface area (Å²) in [7, 11) is 1.52. The van der Waals surface area contributed by atoms with E-state index >= 15 is 0 Å². The van der Waals surface area contributed by atoms with Crippen molar-refractivity contribution in [2.75, 3.05) is 18.6 Å².